The van der Waals surface area contributed by atoms with Gasteiger partial charge in [0.2, 0.25) is 23.6 Å². The Kier molecular flexibility index (Phi) is 14.1. The number of nitrogens with two attached hydrogens (primary N) is 2. The number of primary amides is 2. The molecule has 0 saturated carbocycles. The summed E-state index contributed by atoms with van der Waals surface area (Å²) in [6, 6.07) is 18.7. The van der Waals surface area contributed by atoms with Crippen LogP contribution in [-0.2, 0) is 19.2 Å². The Bertz CT molecular complexity index is 1630. The number of aliphatic hydroxyl groups excluding tert-OH is 1. The molecule has 0 aliphatic rings. The minimum atomic E-state index is -1.46. The van der Waals surface area contributed by atoms with Crippen LogP contribution in [0.1, 0.15) is 69.2 Å². The highest BCUT2D eigenvalue weighted by atomic mass is 16.3. The molecule has 9 N–H and O–H groups in total. The Labute approximate surface area is 283 Å². The third kappa shape index (κ3) is 11.7. The highest BCUT2D eigenvalue weighted by molar-refractivity contribution is 6.09. The summed E-state index contributed by atoms with van der Waals surface area (Å²) in [5.74, 6) is -4.84. The molecule has 3 aromatic carbocycles. The van der Waals surface area contributed by atoms with E-state index in [1.54, 1.807) is 54.6 Å². The van der Waals surface area contributed by atoms with E-state index < -0.39 is 60.2 Å². The van der Waals surface area contributed by atoms with Crippen LogP contribution >= 0.6 is 0 Å². The number of ketones is 1. The van der Waals surface area contributed by atoms with Crippen molar-refractivity contribution < 1.29 is 38.7 Å². The van der Waals surface area contributed by atoms with Gasteiger partial charge in [-0.3, -0.25) is 33.6 Å². The summed E-state index contributed by atoms with van der Waals surface area (Å²) >= 11 is 0. The summed E-state index contributed by atoms with van der Waals surface area (Å²) in [5, 5.41) is 19.9. The molecule has 3 aromatic rings. The first-order valence-electron chi connectivity index (χ1n) is 15.6. The van der Waals surface area contributed by atoms with Gasteiger partial charge < -0.3 is 37.8 Å². The van der Waals surface area contributed by atoms with Gasteiger partial charge in [-0.1, -0.05) is 60.7 Å². The Morgan fingerprint density at radius 1 is 0.633 bits per heavy atom. The van der Waals surface area contributed by atoms with Gasteiger partial charge in [0.15, 0.2) is 5.78 Å². The summed E-state index contributed by atoms with van der Waals surface area (Å²) in [6.45, 7) is 1.45. The quantitative estimate of drug-likeness (QED) is 0.0732. The number of amides is 6. The molecule has 0 aliphatic carbocycles. The largest absolute Gasteiger partial charge is 0.391 e. The molecule has 14 heteroatoms. The number of rotatable bonds is 18. The molecule has 0 fully saturated rings. The van der Waals surface area contributed by atoms with Crippen LogP contribution in [-0.4, -0.2) is 77.1 Å². The van der Waals surface area contributed by atoms with Crippen LogP contribution in [0.4, 0.5) is 0 Å². The van der Waals surface area contributed by atoms with Gasteiger partial charge in [0.05, 0.1) is 12.5 Å². The van der Waals surface area contributed by atoms with E-state index in [0.29, 0.717) is 23.1 Å². The molecule has 3 rings (SSSR count). The van der Waals surface area contributed by atoms with Crippen molar-refractivity contribution in [2.24, 2.45) is 11.5 Å². The number of unbranched alkanes of at least 4 members (excludes halogenated alkanes) is 1. The van der Waals surface area contributed by atoms with Gasteiger partial charge in [-0.15, -0.1) is 0 Å². The predicted molar refractivity (Wildman–Crippen MR) is 179 cm³/mol. The molecule has 0 radical (unpaired) electrons. The number of carbonyl (C=O) groups is 7. The van der Waals surface area contributed by atoms with Gasteiger partial charge in [0.25, 0.3) is 11.8 Å². The molecular formula is C35H40N6O8. The van der Waals surface area contributed by atoms with E-state index >= 15 is 0 Å². The van der Waals surface area contributed by atoms with E-state index in [-0.39, 0.29) is 36.6 Å². The summed E-state index contributed by atoms with van der Waals surface area (Å²) in [4.78, 5) is 88.0. The summed E-state index contributed by atoms with van der Waals surface area (Å²) in [7, 11) is 0. The molecule has 0 aliphatic heterocycles. The van der Waals surface area contributed by atoms with Crippen LogP contribution in [0.3, 0.4) is 0 Å². The topological polar surface area (TPSA) is 240 Å². The van der Waals surface area contributed by atoms with Crippen LogP contribution in [0.2, 0.25) is 0 Å². The lowest BCUT2D eigenvalue weighted by Gasteiger charge is -2.25. The monoisotopic (exact) mass is 672 g/mol. The SMILES string of the molecule is C[C@@H](O)[C@H](NC(=O)[C@H](CCCCNC(=O)c1ccc(C(=O)c2ccccc2)cc1)NC(=O)[C@H](CC(N)=O)NC(=O)c1ccccc1)C(N)=O. The van der Waals surface area contributed by atoms with E-state index in [0.717, 1.165) is 0 Å². The van der Waals surface area contributed by atoms with Crippen molar-refractivity contribution in [3.63, 3.8) is 0 Å². The van der Waals surface area contributed by atoms with Crippen molar-refractivity contribution >= 4 is 41.2 Å². The van der Waals surface area contributed by atoms with E-state index in [1.165, 1.54) is 31.2 Å². The van der Waals surface area contributed by atoms with Crippen LogP contribution < -0.4 is 32.7 Å². The molecule has 6 amide bonds. The summed E-state index contributed by atoms with van der Waals surface area (Å²) in [5.41, 5.74) is 12.1. The Morgan fingerprint density at radius 2 is 1.14 bits per heavy atom. The highest BCUT2D eigenvalue weighted by Gasteiger charge is 2.31. The first-order chi connectivity index (χ1) is 23.4. The second kappa shape index (κ2) is 18.4. The standard InChI is InChI=1S/C35H40N6O8/c1-21(42)29(31(37)45)41-34(48)26(39-35(49)27(20-28(36)43)40-33(47)24-12-6-3-7-13-24)14-8-9-19-38-32(46)25-17-15-23(16-18-25)30(44)22-10-4-2-5-11-22/h2-7,10-13,15-18,21,26-27,29,42H,8-9,14,19-20H2,1H3,(H2,36,43)(H2,37,45)(H,38,46)(H,39,49)(H,40,47)(H,41,48)/t21-,26+,27+,29+/m1/s1. The van der Waals surface area contributed by atoms with Crippen LogP contribution in [0, 0.1) is 0 Å². The smallest absolute Gasteiger partial charge is 0.251 e. The van der Waals surface area contributed by atoms with Gasteiger partial charge in [-0.05, 0) is 50.5 Å². The van der Waals surface area contributed by atoms with Crippen molar-refractivity contribution in [1.82, 2.24) is 21.3 Å². The second-order valence-corrected chi connectivity index (χ2v) is 11.3. The number of nitrogens with one attached hydrogen (secondary N) is 4. The molecule has 4 atom stereocenters. The maximum Gasteiger partial charge on any atom is 0.251 e. The fraction of sp³-hybridized carbons (Fsp3) is 0.286. The van der Waals surface area contributed by atoms with Crippen LogP contribution in [0.5, 0.6) is 0 Å². The average molecular weight is 673 g/mol. The van der Waals surface area contributed by atoms with Gasteiger partial charge in [-0.25, -0.2) is 0 Å². The fourth-order valence-electron chi connectivity index (χ4n) is 4.77. The van der Waals surface area contributed by atoms with Gasteiger partial charge >= 0.3 is 0 Å². The van der Waals surface area contributed by atoms with E-state index in [9.17, 15) is 38.7 Å². The van der Waals surface area contributed by atoms with Crippen molar-refractivity contribution in [3.8, 4) is 0 Å². The molecule has 49 heavy (non-hydrogen) atoms. The normalized spacial score (nSPS) is 13.1. The van der Waals surface area contributed by atoms with Gasteiger partial charge in [0, 0.05) is 28.8 Å². The van der Waals surface area contributed by atoms with E-state index in [2.05, 4.69) is 21.3 Å². The fourth-order valence-corrected chi connectivity index (χ4v) is 4.77. The summed E-state index contributed by atoms with van der Waals surface area (Å²) < 4.78 is 0. The Morgan fingerprint density at radius 3 is 1.69 bits per heavy atom. The molecule has 0 bridgehead atoms. The minimum Gasteiger partial charge on any atom is -0.391 e. The third-order valence-electron chi connectivity index (χ3n) is 7.43. The molecule has 14 nitrogen and oxygen atoms in total. The summed E-state index contributed by atoms with van der Waals surface area (Å²) in [6.07, 6.45) is -1.25. The van der Waals surface area contributed by atoms with Crippen LogP contribution in [0.25, 0.3) is 0 Å². The third-order valence-corrected chi connectivity index (χ3v) is 7.43. The maximum atomic E-state index is 13.3. The van der Waals surface area contributed by atoms with Crippen molar-refractivity contribution in [2.45, 2.75) is 56.8 Å². The number of hydrogen-bond acceptors (Lipinski definition) is 8. The number of carbonyl (C=O) groups excluding carboxylic acids is 7. The second-order valence-electron chi connectivity index (χ2n) is 11.3. The molecule has 258 valence electrons. The lowest BCUT2D eigenvalue weighted by molar-refractivity contribution is -0.134. The lowest BCUT2D eigenvalue weighted by atomic mass is 10.0. The maximum absolute atomic E-state index is 13.3. The molecule has 0 spiro atoms. The first-order valence-corrected chi connectivity index (χ1v) is 15.6. The predicted octanol–water partition coefficient (Wildman–Crippen LogP) is 0.327. The molecule has 0 heterocycles. The van der Waals surface area contributed by atoms with E-state index in [1.807, 2.05) is 6.07 Å². The molecule has 0 saturated heterocycles. The molecule has 0 unspecified atom stereocenters. The zero-order chi connectivity index (χ0) is 35.9. The molecular weight excluding hydrogens is 632 g/mol. The van der Waals surface area contributed by atoms with Crippen molar-refractivity contribution in [3.05, 3.63) is 107 Å². The van der Waals surface area contributed by atoms with Crippen molar-refractivity contribution in [1.29, 1.82) is 0 Å². The average Bonchev–Trinajstić information content (AvgIpc) is 3.09. The Balaban J connectivity index is 1.62. The zero-order valence-corrected chi connectivity index (χ0v) is 26.9. The number of benzene rings is 3. The first kappa shape index (κ1) is 37.6. The zero-order valence-electron chi connectivity index (χ0n) is 26.9. The van der Waals surface area contributed by atoms with Crippen LogP contribution in [0.15, 0.2) is 84.9 Å². The van der Waals surface area contributed by atoms with Gasteiger partial charge in [0.1, 0.15) is 18.1 Å². The van der Waals surface area contributed by atoms with E-state index in [4.69, 9.17) is 11.5 Å². The lowest BCUT2D eigenvalue weighted by Crippen LogP contribution is -2.58. The minimum absolute atomic E-state index is 0.00491. The van der Waals surface area contributed by atoms with Gasteiger partial charge in [-0.2, -0.15) is 0 Å². The molecule has 0 aromatic heterocycles. The highest BCUT2D eigenvalue weighted by Crippen LogP contribution is 2.12. The number of aliphatic hydroxyl groups is 1. The Hall–Kier alpha value is -5.89. The van der Waals surface area contributed by atoms with Crippen molar-refractivity contribution in [2.75, 3.05) is 6.54 Å². The number of hydrogen-bond donors (Lipinski definition) is 7.